The lowest BCUT2D eigenvalue weighted by Crippen LogP contribution is -2.31. The number of hydrogen-bond acceptors (Lipinski definition) is 5. The zero-order chi connectivity index (χ0) is 17.7. The van der Waals surface area contributed by atoms with Crippen molar-refractivity contribution in [1.29, 1.82) is 0 Å². The van der Waals surface area contributed by atoms with Crippen molar-refractivity contribution >= 4 is 18.1 Å². The molecule has 0 aliphatic carbocycles. The van der Waals surface area contributed by atoms with E-state index in [0.29, 0.717) is 29.3 Å². The van der Waals surface area contributed by atoms with Gasteiger partial charge in [0.05, 0.1) is 19.3 Å². The summed E-state index contributed by atoms with van der Waals surface area (Å²) in [7, 11) is 1.58. The molecule has 0 radical (unpaired) electrons. The Labute approximate surface area is 144 Å². The fourth-order valence-electron chi connectivity index (χ4n) is 2.39. The van der Waals surface area contributed by atoms with E-state index in [9.17, 15) is 9.59 Å². The molecule has 0 spiro atoms. The summed E-state index contributed by atoms with van der Waals surface area (Å²) in [6.45, 7) is 2.99. The van der Waals surface area contributed by atoms with Crippen LogP contribution in [0.15, 0.2) is 29.1 Å². The highest BCUT2D eigenvalue weighted by molar-refractivity contribution is 7.71. The number of nitrogens with zero attached hydrogens (tertiary/aromatic N) is 1. The number of rotatable bonds is 7. The Morgan fingerprint density at radius 3 is 2.83 bits per heavy atom. The van der Waals surface area contributed by atoms with Crippen molar-refractivity contribution in [1.82, 2.24) is 14.9 Å². The van der Waals surface area contributed by atoms with Crippen LogP contribution in [0.2, 0.25) is 0 Å². The largest absolute Gasteiger partial charge is 0.496 e. The van der Waals surface area contributed by atoms with Crippen LogP contribution in [0.5, 0.6) is 5.75 Å². The molecule has 0 unspecified atom stereocenters. The normalized spacial score (nSPS) is 10.6. The van der Waals surface area contributed by atoms with Gasteiger partial charge in [0.1, 0.15) is 5.75 Å². The number of methoxy groups -OCH3 is 1. The van der Waals surface area contributed by atoms with E-state index in [0.717, 1.165) is 11.1 Å². The number of aryl methyl sites for hydroxylation is 1. The molecule has 0 saturated carbocycles. The van der Waals surface area contributed by atoms with Crippen LogP contribution in [0.4, 0.5) is 0 Å². The minimum Gasteiger partial charge on any atom is -0.496 e. The fourth-order valence-corrected chi connectivity index (χ4v) is 2.68. The number of aromatic amines is 1. The summed E-state index contributed by atoms with van der Waals surface area (Å²) in [5.74, 6) is 0.222. The van der Waals surface area contributed by atoms with E-state index in [1.54, 1.807) is 11.7 Å². The number of carbonyl (C=O) groups is 1. The molecule has 128 valence electrons. The van der Waals surface area contributed by atoms with Gasteiger partial charge in [0.25, 0.3) is 5.56 Å². The molecule has 4 N–H and O–H groups in total. The highest BCUT2D eigenvalue weighted by atomic mass is 32.1. The third kappa shape index (κ3) is 4.30. The average molecular weight is 348 g/mol. The molecule has 1 aromatic carbocycles. The molecule has 8 heteroatoms. The fraction of sp³-hybridized carbons (Fsp3) is 0.312. The number of nitrogens with two attached hydrogens (primary N) is 1. The van der Waals surface area contributed by atoms with E-state index >= 15 is 0 Å². The predicted molar refractivity (Wildman–Crippen MR) is 94.7 cm³/mol. The SMILES string of the molecule is COc1ccc(C)cc1-c1cc(=O)[nH]c(=S)n1CCNCC(N)=O. The molecule has 1 heterocycles. The third-order valence-electron chi connectivity index (χ3n) is 3.48. The molecule has 0 aliphatic heterocycles. The van der Waals surface area contributed by atoms with E-state index in [1.807, 2.05) is 25.1 Å². The molecule has 2 rings (SSSR count). The van der Waals surface area contributed by atoms with Gasteiger partial charge in [-0.2, -0.15) is 0 Å². The molecule has 0 aliphatic rings. The van der Waals surface area contributed by atoms with Crippen molar-refractivity contribution in [3.05, 3.63) is 45.0 Å². The van der Waals surface area contributed by atoms with E-state index in [1.165, 1.54) is 6.07 Å². The summed E-state index contributed by atoms with van der Waals surface area (Å²) in [4.78, 5) is 25.3. The van der Waals surface area contributed by atoms with Crippen LogP contribution in [0.1, 0.15) is 5.56 Å². The first-order valence-electron chi connectivity index (χ1n) is 7.40. The molecule has 2 aromatic rings. The van der Waals surface area contributed by atoms with Crippen molar-refractivity contribution in [3.63, 3.8) is 0 Å². The topological polar surface area (TPSA) is 102 Å². The molecule has 24 heavy (non-hydrogen) atoms. The highest BCUT2D eigenvalue weighted by Crippen LogP contribution is 2.30. The summed E-state index contributed by atoms with van der Waals surface area (Å²) >= 11 is 5.29. The quantitative estimate of drug-likeness (QED) is 0.511. The van der Waals surface area contributed by atoms with E-state index in [4.69, 9.17) is 22.7 Å². The predicted octanol–water partition coefficient (Wildman–Crippen LogP) is 0.965. The van der Waals surface area contributed by atoms with Gasteiger partial charge in [-0.05, 0) is 31.3 Å². The zero-order valence-electron chi connectivity index (χ0n) is 13.6. The maximum Gasteiger partial charge on any atom is 0.252 e. The van der Waals surface area contributed by atoms with Crippen LogP contribution < -0.4 is 21.3 Å². The molecule has 0 saturated heterocycles. The minimum atomic E-state index is -0.430. The number of ether oxygens (including phenoxy) is 1. The van der Waals surface area contributed by atoms with Gasteiger partial charge in [-0.25, -0.2) is 0 Å². The Morgan fingerprint density at radius 2 is 2.17 bits per heavy atom. The maximum atomic E-state index is 11.9. The van der Waals surface area contributed by atoms with E-state index in [2.05, 4.69) is 10.3 Å². The highest BCUT2D eigenvalue weighted by Gasteiger charge is 2.12. The van der Waals surface area contributed by atoms with Gasteiger partial charge in [-0.15, -0.1) is 0 Å². The van der Waals surface area contributed by atoms with Gasteiger partial charge in [-0.3, -0.25) is 14.6 Å². The smallest absolute Gasteiger partial charge is 0.252 e. The first-order chi connectivity index (χ1) is 11.4. The van der Waals surface area contributed by atoms with Crippen LogP contribution >= 0.6 is 12.2 Å². The Morgan fingerprint density at radius 1 is 1.42 bits per heavy atom. The lowest BCUT2D eigenvalue weighted by Gasteiger charge is -2.16. The van der Waals surface area contributed by atoms with E-state index in [-0.39, 0.29) is 12.1 Å². The van der Waals surface area contributed by atoms with Gasteiger partial charge in [0, 0.05) is 24.7 Å². The minimum absolute atomic E-state index is 0.0831. The average Bonchev–Trinajstić information content (AvgIpc) is 2.52. The molecule has 0 fully saturated rings. The second-order valence-corrected chi connectivity index (χ2v) is 5.71. The molecular formula is C16H20N4O3S. The van der Waals surface area contributed by atoms with Gasteiger partial charge >= 0.3 is 0 Å². The number of benzene rings is 1. The van der Waals surface area contributed by atoms with Crippen molar-refractivity contribution in [3.8, 4) is 17.0 Å². The van der Waals surface area contributed by atoms with Gasteiger partial charge < -0.3 is 20.4 Å². The van der Waals surface area contributed by atoms with Gasteiger partial charge in [0.2, 0.25) is 5.91 Å². The number of carbonyl (C=O) groups excluding carboxylic acids is 1. The summed E-state index contributed by atoms with van der Waals surface area (Å²) in [5, 5.41) is 2.93. The van der Waals surface area contributed by atoms with Crippen LogP contribution in [-0.2, 0) is 11.3 Å². The van der Waals surface area contributed by atoms with Gasteiger partial charge in [0.15, 0.2) is 4.77 Å². The first kappa shape index (κ1) is 17.9. The molecule has 7 nitrogen and oxygen atoms in total. The second kappa shape index (κ2) is 7.89. The van der Waals surface area contributed by atoms with Crippen LogP contribution in [0.25, 0.3) is 11.3 Å². The number of amides is 1. The second-order valence-electron chi connectivity index (χ2n) is 5.32. The van der Waals surface area contributed by atoms with Crippen molar-refractivity contribution < 1.29 is 9.53 Å². The number of hydrogen-bond donors (Lipinski definition) is 3. The molecule has 1 aromatic heterocycles. The van der Waals surface area contributed by atoms with Crippen molar-refractivity contribution in [2.75, 3.05) is 20.2 Å². The van der Waals surface area contributed by atoms with Crippen molar-refractivity contribution in [2.24, 2.45) is 5.73 Å². The summed E-state index contributed by atoms with van der Waals surface area (Å²) in [6, 6.07) is 7.21. The molecule has 0 atom stereocenters. The number of nitrogens with one attached hydrogen (secondary N) is 2. The maximum absolute atomic E-state index is 11.9. The number of H-pyrrole nitrogens is 1. The summed E-state index contributed by atoms with van der Waals surface area (Å²) in [5.41, 5.74) is 7.30. The van der Waals surface area contributed by atoms with Crippen LogP contribution in [-0.4, -0.2) is 35.7 Å². The number of aromatic nitrogens is 2. The van der Waals surface area contributed by atoms with Crippen molar-refractivity contribution in [2.45, 2.75) is 13.5 Å². The first-order valence-corrected chi connectivity index (χ1v) is 7.81. The van der Waals surface area contributed by atoms with Crippen LogP contribution in [0.3, 0.4) is 0 Å². The Balaban J connectivity index is 2.46. The molecule has 0 bridgehead atoms. The Hall–Kier alpha value is -2.45. The van der Waals surface area contributed by atoms with E-state index < -0.39 is 5.91 Å². The Bertz CT molecular complexity index is 857. The van der Waals surface area contributed by atoms with Gasteiger partial charge in [-0.1, -0.05) is 11.6 Å². The molecule has 1 amide bonds. The Kier molecular flexibility index (Phi) is 5.88. The standard InChI is InChI=1S/C16H20N4O3S/c1-10-3-4-13(23-2)11(7-10)12-8-15(22)19-16(24)20(12)6-5-18-9-14(17)21/h3-4,7-8,18H,5-6,9H2,1-2H3,(H2,17,21)(H,19,22,24). The zero-order valence-corrected chi connectivity index (χ0v) is 14.4. The third-order valence-corrected chi connectivity index (χ3v) is 3.80. The lowest BCUT2D eigenvalue weighted by atomic mass is 10.1. The van der Waals surface area contributed by atoms with Crippen LogP contribution in [0, 0.1) is 11.7 Å². The lowest BCUT2D eigenvalue weighted by molar-refractivity contribution is -0.117. The number of primary amides is 1. The summed E-state index contributed by atoms with van der Waals surface area (Å²) in [6.07, 6.45) is 0. The molecular weight excluding hydrogens is 328 g/mol. The monoisotopic (exact) mass is 348 g/mol. The summed E-state index contributed by atoms with van der Waals surface area (Å²) < 4.78 is 7.51.